The number of rotatable bonds is 1. The molecule has 0 spiro atoms. The predicted molar refractivity (Wildman–Crippen MR) is 54.4 cm³/mol. The Labute approximate surface area is 85.2 Å². The highest BCUT2D eigenvalue weighted by atomic mass is 79.9. The van der Waals surface area contributed by atoms with E-state index in [1.807, 2.05) is 20.8 Å². The molecule has 1 aromatic rings. The molecular formula is C8H12BrN3O. The zero-order valence-electron chi connectivity index (χ0n) is 7.81. The molecular weight excluding hydrogens is 234 g/mol. The summed E-state index contributed by atoms with van der Waals surface area (Å²) in [5, 5.41) is 9.18. The predicted octanol–water partition coefficient (Wildman–Crippen LogP) is 2.16. The van der Waals surface area contributed by atoms with Crippen molar-refractivity contribution < 1.29 is 4.79 Å². The van der Waals surface area contributed by atoms with E-state index in [1.54, 1.807) is 6.20 Å². The van der Waals surface area contributed by atoms with Gasteiger partial charge in [-0.3, -0.25) is 9.89 Å². The van der Waals surface area contributed by atoms with Gasteiger partial charge in [0.05, 0.1) is 10.7 Å². The van der Waals surface area contributed by atoms with Crippen molar-refractivity contribution in [2.75, 3.05) is 5.32 Å². The summed E-state index contributed by atoms with van der Waals surface area (Å²) in [4.78, 5) is 11.5. The number of nitrogens with one attached hydrogen (secondary N) is 2. The first-order valence-electron chi connectivity index (χ1n) is 3.91. The van der Waals surface area contributed by atoms with E-state index in [1.165, 1.54) is 0 Å². The lowest BCUT2D eigenvalue weighted by molar-refractivity contribution is -0.123. The minimum atomic E-state index is -0.398. The molecule has 0 aromatic carbocycles. The number of anilines is 1. The molecule has 0 saturated carbocycles. The maximum absolute atomic E-state index is 11.5. The lowest BCUT2D eigenvalue weighted by atomic mass is 9.96. The zero-order chi connectivity index (χ0) is 10.1. The van der Waals surface area contributed by atoms with E-state index in [0.717, 1.165) is 4.47 Å². The Morgan fingerprint density at radius 2 is 2.23 bits per heavy atom. The first-order valence-corrected chi connectivity index (χ1v) is 4.71. The van der Waals surface area contributed by atoms with E-state index in [0.29, 0.717) is 5.82 Å². The molecule has 0 radical (unpaired) electrons. The van der Waals surface area contributed by atoms with Crippen LogP contribution < -0.4 is 5.32 Å². The quantitative estimate of drug-likeness (QED) is 0.797. The van der Waals surface area contributed by atoms with Crippen LogP contribution in [-0.2, 0) is 4.79 Å². The normalized spacial score (nSPS) is 11.4. The lowest BCUT2D eigenvalue weighted by Gasteiger charge is -2.16. The standard InChI is InChI=1S/C8H12BrN3O/c1-8(2,3)7(13)11-6-5(9)4-10-12-6/h4H,1-3H3,(H2,10,11,12,13). The van der Waals surface area contributed by atoms with Gasteiger partial charge in [0.1, 0.15) is 5.82 Å². The van der Waals surface area contributed by atoms with E-state index < -0.39 is 5.41 Å². The molecule has 1 heterocycles. The lowest BCUT2D eigenvalue weighted by Crippen LogP contribution is -2.27. The monoisotopic (exact) mass is 245 g/mol. The molecule has 0 bridgehead atoms. The average molecular weight is 246 g/mol. The summed E-state index contributed by atoms with van der Waals surface area (Å²) in [6.45, 7) is 5.56. The van der Waals surface area contributed by atoms with Crippen LogP contribution in [0.5, 0.6) is 0 Å². The van der Waals surface area contributed by atoms with Crippen molar-refractivity contribution in [1.82, 2.24) is 10.2 Å². The van der Waals surface area contributed by atoms with E-state index in [2.05, 4.69) is 31.4 Å². The fraction of sp³-hybridized carbons (Fsp3) is 0.500. The largest absolute Gasteiger partial charge is 0.310 e. The van der Waals surface area contributed by atoms with Crippen LogP contribution in [0.1, 0.15) is 20.8 Å². The Balaban J connectivity index is 2.71. The molecule has 4 nitrogen and oxygen atoms in total. The number of aromatic nitrogens is 2. The first kappa shape index (κ1) is 10.2. The third kappa shape index (κ3) is 2.55. The minimum Gasteiger partial charge on any atom is -0.310 e. The van der Waals surface area contributed by atoms with Crippen molar-refractivity contribution in [2.45, 2.75) is 20.8 Å². The van der Waals surface area contributed by atoms with Gasteiger partial charge in [-0.2, -0.15) is 5.10 Å². The van der Waals surface area contributed by atoms with E-state index in [4.69, 9.17) is 0 Å². The van der Waals surface area contributed by atoms with Gasteiger partial charge in [-0.25, -0.2) is 0 Å². The highest BCUT2D eigenvalue weighted by molar-refractivity contribution is 9.10. The number of aromatic amines is 1. The summed E-state index contributed by atoms with van der Waals surface area (Å²) in [6, 6.07) is 0. The number of halogens is 1. The summed E-state index contributed by atoms with van der Waals surface area (Å²) in [6.07, 6.45) is 1.60. The van der Waals surface area contributed by atoms with Crippen LogP contribution in [0, 0.1) is 5.41 Å². The molecule has 72 valence electrons. The summed E-state index contributed by atoms with van der Waals surface area (Å²) in [5.74, 6) is 0.553. The fourth-order valence-electron chi connectivity index (χ4n) is 0.660. The molecule has 1 rings (SSSR count). The first-order chi connectivity index (χ1) is 5.91. The summed E-state index contributed by atoms with van der Waals surface area (Å²) < 4.78 is 0.755. The van der Waals surface area contributed by atoms with Crippen LogP contribution in [-0.4, -0.2) is 16.1 Å². The van der Waals surface area contributed by atoms with Gasteiger partial charge in [0, 0.05) is 5.41 Å². The SMILES string of the molecule is CC(C)(C)C(=O)Nc1[nH]ncc1Br. The molecule has 1 aromatic heterocycles. The molecule has 0 aliphatic carbocycles. The fourth-order valence-corrected chi connectivity index (χ4v) is 0.950. The number of hydrogen-bond acceptors (Lipinski definition) is 2. The molecule has 0 aliphatic rings. The number of carbonyl (C=O) groups is 1. The topological polar surface area (TPSA) is 57.8 Å². The molecule has 1 amide bonds. The summed E-state index contributed by atoms with van der Waals surface area (Å²) >= 11 is 3.25. The highest BCUT2D eigenvalue weighted by Crippen LogP contribution is 2.21. The number of H-pyrrole nitrogens is 1. The third-order valence-corrected chi connectivity index (χ3v) is 2.11. The van der Waals surface area contributed by atoms with Crippen molar-refractivity contribution in [2.24, 2.45) is 5.41 Å². The van der Waals surface area contributed by atoms with Gasteiger partial charge in [0.2, 0.25) is 5.91 Å². The maximum Gasteiger partial charge on any atom is 0.230 e. The molecule has 0 aliphatic heterocycles. The third-order valence-electron chi connectivity index (χ3n) is 1.51. The Morgan fingerprint density at radius 3 is 2.62 bits per heavy atom. The molecule has 13 heavy (non-hydrogen) atoms. The number of carbonyl (C=O) groups excluding carboxylic acids is 1. The van der Waals surface area contributed by atoms with E-state index in [-0.39, 0.29) is 5.91 Å². The van der Waals surface area contributed by atoms with Crippen LogP contribution in [0.3, 0.4) is 0 Å². The van der Waals surface area contributed by atoms with Gasteiger partial charge in [-0.05, 0) is 15.9 Å². The van der Waals surface area contributed by atoms with Crippen molar-refractivity contribution in [1.29, 1.82) is 0 Å². The van der Waals surface area contributed by atoms with Gasteiger partial charge in [-0.1, -0.05) is 20.8 Å². The van der Waals surface area contributed by atoms with Gasteiger partial charge in [-0.15, -0.1) is 0 Å². The van der Waals surface area contributed by atoms with Gasteiger partial charge in [0.15, 0.2) is 0 Å². The zero-order valence-corrected chi connectivity index (χ0v) is 9.40. The van der Waals surface area contributed by atoms with Crippen LogP contribution in [0.2, 0.25) is 0 Å². The Morgan fingerprint density at radius 1 is 1.62 bits per heavy atom. The Bertz CT molecular complexity index is 313. The second-order valence-electron chi connectivity index (χ2n) is 3.80. The molecule has 0 fully saturated rings. The maximum atomic E-state index is 11.5. The summed E-state index contributed by atoms with van der Waals surface area (Å²) in [5.41, 5.74) is -0.398. The Kier molecular flexibility index (Phi) is 2.75. The molecule has 5 heteroatoms. The van der Waals surface area contributed by atoms with Crippen LogP contribution in [0.4, 0.5) is 5.82 Å². The van der Waals surface area contributed by atoms with Crippen LogP contribution >= 0.6 is 15.9 Å². The highest BCUT2D eigenvalue weighted by Gasteiger charge is 2.22. The van der Waals surface area contributed by atoms with Crippen LogP contribution in [0.25, 0.3) is 0 Å². The molecule has 0 atom stereocenters. The van der Waals surface area contributed by atoms with Gasteiger partial charge in [0.25, 0.3) is 0 Å². The molecule has 2 N–H and O–H groups in total. The smallest absolute Gasteiger partial charge is 0.230 e. The second kappa shape index (κ2) is 3.49. The van der Waals surface area contributed by atoms with Crippen molar-refractivity contribution in [3.63, 3.8) is 0 Å². The minimum absolute atomic E-state index is 0.0440. The number of amides is 1. The average Bonchev–Trinajstić information content (AvgIpc) is 2.34. The van der Waals surface area contributed by atoms with E-state index in [9.17, 15) is 4.79 Å². The Hall–Kier alpha value is -0.840. The van der Waals surface area contributed by atoms with Gasteiger partial charge < -0.3 is 5.32 Å². The molecule has 0 unspecified atom stereocenters. The van der Waals surface area contributed by atoms with Crippen LogP contribution in [0.15, 0.2) is 10.7 Å². The second-order valence-corrected chi connectivity index (χ2v) is 4.65. The number of hydrogen-bond donors (Lipinski definition) is 2. The summed E-state index contributed by atoms with van der Waals surface area (Å²) in [7, 11) is 0. The van der Waals surface area contributed by atoms with E-state index >= 15 is 0 Å². The van der Waals surface area contributed by atoms with Crippen molar-refractivity contribution in [3.8, 4) is 0 Å². The number of nitrogens with zero attached hydrogens (tertiary/aromatic N) is 1. The molecule has 0 saturated heterocycles. The van der Waals surface area contributed by atoms with Gasteiger partial charge >= 0.3 is 0 Å². The van der Waals surface area contributed by atoms with Crippen molar-refractivity contribution >= 4 is 27.7 Å². The van der Waals surface area contributed by atoms with Crippen molar-refractivity contribution in [3.05, 3.63) is 10.7 Å².